The molecule has 0 bridgehead atoms. The van der Waals surface area contributed by atoms with Crippen molar-refractivity contribution in [3.63, 3.8) is 0 Å². The molecular weight excluding hydrogens is 358 g/mol. The van der Waals surface area contributed by atoms with Crippen molar-refractivity contribution in [2.45, 2.75) is 32.2 Å². The van der Waals surface area contributed by atoms with Gasteiger partial charge in [-0.3, -0.25) is 4.79 Å². The van der Waals surface area contributed by atoms with Gasteiger partial charge < -0.3 is 14.4 Å². The number of benzene rings is 1. The van der Waals surface area contributed by atoms with Gasteiger partial charge in [-0.1, -0.05) is 18.2 Å². The van der Waals surface area contributed by atoms with Gasteiger partial charge in [0.15, 0.2) is 0 Å². The molecule has 0 saturated heterocycles. The van der Waals surface area contributed by atoms with E-state index in [1.807, 2.05) is 35.0 Å². The normalized spacial score (nSPS) is 13.5. The van der Waals surface area contributed by atoms with E-state index >= 15 is 0 Å². The molecule has 0 atom stereocenters. The highest BCUT2D eigenvalue weighted by molar-refractivity contribution is 5.95. The molecule has 1 aliphatic rings. The summed E-state index contributed by atoms with van der Waals surface area (Å²) in [6, 6.07) is 11.2. The van der Waals surface area contributed by atoms with Gasteiger partial charge in [-0.2, -0.15) is 5.10 Å². The van der Waals surface area contributed by atoms with Gasteiger partial charge in [0.25, 0.3) is 5.91 Å². The van der Waals surface area contributed by atoms with Crippen molar-refractivity contribution in [3.05, 3.63) is 70.9 Å². The Hall–Kier alpha value is -3.35. The summed E-state index contributed by atoms with van der Waals surface area (Å²) in [5, 5.41) is 13.6. The summed E-state index contributed by atoms with van der Waals surface area (Å²) in [5.41, 5.74) is 2.56. The highest BCUT2D eigenvalue weighted by Crippen LogP contribution is 2.42. The number of carbonyl (C=O) groups excluding carboxylic acids is 1. The number of aromatic carboxylic acids is 1. The molecule has 4 rings (SSSR count). The number of amides is 1. The molecule has 1 fully saturated rings. The Bertz CT molecular complexity index is 1030. The summed E-state index contributed by atoms with van der Waals surface area (Å²) < 4.78 is 7.35. The van der Waals surface area contributed by atoms with Crippen LogP contribution in [0.3, 0.4) is 0 Å². The number of nitrogens with zero attached hydrogens (tertiary/aromatic N) is 3. The van der Waals surface area contributed by atoms with Crippen LogP contribution in [0.4, 0.5) is 0 Å². The predicted octanol–water partition coefficient (Wildman–Crippen LogP) is 3.62. The van der Waals surface area contributed by atoms with E-state index in [0.29, 0.717) is 23.0 Å². The minimum atomic E-state index is -1.04. The molecule has 2 heterocycles. The van der Waals surface area contributed by atoms with Crippen molar-refractivity contribution in [3.8, 4) is 5.69 Å². The van der Waals surface area contributed by atoms with E-state index < -0.39 is 5.97 Å². The van der Waals surface area contributed by atoms with Crippen LogP contribution in [0.2, 0.25) is 0 Å². The number of hydrogen-bond donors (Lipinski definition) is 1. The van der Waals surface area contributed by atoms with E-state index in [9.17, 15) is 9.59 Å². The minimum absolute atomic E-state index is 0.117. The average molecular weight is 379 g/mol. The summed E-state index contributed by atoms with van der Waals surface area (Å²) in [6.07, 6.45) is 3.71. The lowest BCUT2D eigenvalue weighted by Crippen LogP contribution is -2.26. The lowest BCUT2D eigenvalue weighted by atomic mass is 10.1. The Kier molecular flexibility index (Phi) is 4.50. The average Bonchev–Trinajstić information content (AvgIpc) is 3.31. The fourth-order valence-corrected chi connectivity index (χ4v) is 3.39. The van der Waals surface area contributed by atoms with Crippen LogP contribution >= 0.6 is 0 Å². The standard InChI is InChI=1S/C21H21N3O4/c1-13-17(21(26)27)10-16(28-13)12-23(2)20(25)18-11-22-24(19(18)14-8-9-14)15-6-4-3-5-7-15/h3-7,10-11,14H,8-9,12H2,1-2H3,(H,26,27). The van der Waals surface area contributed by atoms with Gasteiger partial charge in [0.1, 0.15) is 17.1 Å². The molecule has 2 aromatic heterocycles. The van der Waals surface area contributed by atoms with Crippen molar-refractivity contribution in [2.75, 3.05) is 7.05 Å². The molecule has 1 aliphatic carbocycles. The lowest BCUT2D eigenvalue weighted by Gasteiger charge is -2.16. The summed E-state index contributed by atoms with van der Waals surface area (Å²) in [7, 11) is 1.68. The largest absolute Gasteiger partial charge is 0.478 e. The molecule has 0 radical (unpaired) electrons. The Morgan fingerprint density at radius 2 is 1.96 bits per heavy atom. The first kappa shape index (κ1) is 18.0. The molecule has 0 aliphatic heterocycles. The second-order valence-corrected chi connectivity index (χ2v) is 7.11. The zero-order valence-corrected chi connectivity index (χ0v) is 15.8. The van der Waals surface area contributed by atoms with Gasteiger partial charge in [-0.25, -0.2) is 9.48 Å². The van der Waals surface area contributed by atoms with Crippen LogP contribution in [0.25, 0.3) is 5.69 Å². The van der Waals surface area contributed by atoms with Gasteiger partial charge in [0, 0.05) is 13.0 Å². The Labute approximate surface area is 162 Å². The molecule has 1 N–H and O–H groups in total. The third kappa shape index (κ3) is 3.31. The maximum atomic E-state index is 13.1. The maximum absolute atomic E-state index is 13.1. The maximum Gasteiger partial charge on any atom is 0.339 e. The fourth-order valence-electron chi connectivity index (χ4n) is 3.39. The second kappa shape index (κ2) is 6.99. The second-order valence-electron chi connectivity index (χ2n) is 7.11. The predicted molar refractivity (Wildman–Crippen MR) is 102 cm³/mol. The first-order valence-corrected chi connectivity index (χ1v) is 9.17. The molecular formula is C21H21N3O4. The number of carboxylic acids is 1. The van der Waals surface area contributed by atoms with Gasteiger partial charge in [-0.05, 0) is 38.0 Å². The molecule has 7 heteroatoms. The molecule has 1 aromatic carbocycles. The molecule has 7 nitrogen and oxygen atoms in total. The van der Waals surface area contributed by atoms with Crippen LogP contribution in [0.1, 0.15) is 56.7 Å². The summed E-state index contributed by atoms with van der Waals surface area (Å²) >= 11 is 0. The number of furan rings is 1. The topological polar surface area (TPSA) is 88.6 Å². The molecule has 1 saturated carbocycles. The minimum Gasteiger partial charge on any atom is -0.478 e. The van der Waals surface area contributed by atoms with Crippen LogP contribution in [0.15, 0.2) is 47.0 Å². The molecule has 28 heavy (non-hydrogen) atoms. The first-order chi connectivity index (χ1) is 13.5. The van der Waals surface area contributed by atoms with Gasteiger partial charge >= 0.3 is 5.97 Å². The number of para-hydroxylation sites is 1. The number of hydrogen-bond acceptors (Lipinski definition) is 4. The molecule has 0 unspecified atom stereocenters. The van der Waals surface area contributed by atoms with E-state index in [4.69, 9.17) is 9.52 Å². The third-order valence-corrected chi connectivity index (χ3v) is 4.94. The Balaban J connectivity index is 1.60. The van der Waals surface area contributed by atoms with Crippen LogP contribution in [-0.4, -0.2) is 38.7 Å². The van der Waals surface area contributed by atoms with Gasteiger partial charge in [0.05, 0.1) is 29.7 Å². The van der Waals surface area contributed by atoms with E-state index in [-0.39, 0.29) is 18.0 Å². The van der Waals surface area contributed by atoms with E-state index in [1.165, 1.54) is 11.0 Å². The monoisotopic (exact) mass is 379 g/mol. The van der Waals surface area contributed by atoms with E-state index in [1.54, 1.807) is 20.2 Å². The lowest BCUT2D eigenvalue weighted by molar-refractivity contribution is 0.0694. The summed E-state index contributed by atoms with van der Waals surface area (Å²) in [6.45, 7) is 1.79. The van der Waals surface area contributed by atoms with Crippen molar-refractivity contribution < 1.29 is 19.1 Å². The number of aryl methyl sites for hydroxylation is 1. The number of carbonyl (C=O) groups is 2. The van der Waals surface area contributed by atoms with Crippen LogP contribution in [0.5, 0.6) is 0 Å². The van der Waals surface area contributed by atoms with Gasteiger partial charge in [0.2, 0.25) is 0 Å². The Morgan fingerprint density at radius 3 is 2.57 bits per heavy atom. The quantitative estimate of drug-likeness (QED) is 0.707. The van der Waals surface area contributed by atoms with E-state index in [2.05, 4.69) is 5.10 Å². The first-order valence-electron chi connectivity index (χ1n) is 9.17. The molecule has 1 amide bonds. The zero-order valence-electron chi connectivity index (χ0n) is 15.8. The van der Waals surface area contributed by atoms with E-state index in [0.717, 1.165) is 24.2 Å². The molecule has 144 valence electrons. The molecule has 0 spiro atoms. The highest BCUT2D eigenvalue weighted by Gasteiger charge is 2.34. The van der Waals surface area contributed by atoms with Gasteiger partial charge in [-0.15, -0.1) is 0 Å². The Morgan fingerprint density at radius 1 is 1.25 bits per heavy atom. The van der Waals surface area contributed by atoms with Crippen molar-refractivity contribution in [1.82, 2.24) is 14.7 Å². The molecule has 3 aromatic rings. The summed E-state index contributed by atoms with van der Waals surface area (Å²) in [4.78, 5) is 25.8. The summed E-state index contributed by atoms with van der Waals surface area (Å²) in [5.74, 6) is -0.0933. The highest BCUT2D eigenvalue weighted by atomic mass is 16.4. The smallest absolute Gasteiger partial charge is 0.339 e. The fraction of sp³-hybridized carbons (Fsp3) is 0.286. The van der Waals surface area contributed by atoms with Crippen LogP contribution in [0, 0.1) is 6.92 Å². The number of rotatable bonds is 6. The zero-order chi connectivity index (χ0) is 19.8. The van der Waals surface area contributed by atoms with Crippen molar-refractivity contribution in [2.24, 2.45) is 0 Å². The van der Waals surface area contributed by atoms with Crippen LogP contribution in [-0.2, 0) is 6.54 Å². The SMILES string of the molecule is Cc1oc(CN(C)C(=O)c2cnn(-c3ccccc3)c2C2CC2)cc1C(=O)O. The van der Waals surface area contributed by atoms with Crippen LogP contribution < -0.4 is 0 Å². The van der Waals surface area contributed by atoms with Crippen molar-refractivity contribution in [1.29, 1.82) is 0 Å². The van der Waals surface area contributed by atoms with Crippen molar-refractivity contribution >= 4 is 11.9 Å². The number of carboxylic acid groups (broad SMARTS) is 1. The third-order valence-electron chi connectivity index (χ3n) is 4.94. The number of aromatic nitrogens is 2.